The summed E-state index contributed by atoms with van der Waals surface area (Å²) in [5.41, 5.74) is 1.86. The number of phenolic OH excluding ortho intramolecular Hbond substituents is 1. The molecule has 1 amide bonds. The molecule has 9 heteroatoms. The molecule has 1 saturated carbocycles. The van der Waals surface area contributed by atoms with E-state index in [1.54, 1.807) is 37.6 Å². The van der Waals surface area contributed by atoms with Crippen molar-refractivity contribution in [3.05, 3.63) is 36.0 Å². The topological polar surface area (TPSA) is 108 Å². The van der Waals surface area contributed by atoms with Gasteiger partial charge >= 0.3 is 0 Å². The van der Waals surface area contributed by atoms with E-state index >= 15 is 0 Å². The van der Waals surface area contributed by atoms with Gasteiger partial charge in [-0.3, -0.25) is 4.79 Å². The molecule has 2 aromatic rings. The second-order valence-electron chi connectivity index (χ2n) is 9.26. The zero-order chi connectivity index (χ0) is 25.5. The molecule has 192 valence electrons. The molecule has 0 unspecified atom stereocenters. The van der Waals surface area contributed by atoms with Crippen LogP contribution < -0.4 is 14.4 Å². The van der Waals surface area contributed by atoms with E-state index in [1.165, 1.54) is 20.0 Å². The summed E-state index contributed by atoms with van der Waals surface area (Å²) < 4.78 is 15.9. The van der Waals surface area contributed by atoms with E-state index in [9.17, 15) is 9.90 Å². The van der Waals surface area contributed by atoms with Gasteiger partial charge in [0, 0.05) is 32.2 Å². The molecule has 1 N–H and O–H groups in total. The fraction of sp³-hybridized carbons (Fsp3) is 0.519. The number of likely N-dealkylation sites (tertiary alicyclic amines) is 1. The lowest BCUT2D eigenvalue weighted by Crippen LogP contribution is -2.36. The Bertz CT molecular complexity index is 1090. The summed E-state index contributed by atoms with van der Waals surface area (Å²) in [6, 6.07) is 8.71. The fourth-order valence-corrected chi connectivity index (χ4v) is 5.05. The van der Waals surface area contributed by atoms with Gasteiger partial charge < -0.3 is 29.1 Å². The quantitative estimate of drug-likeness (QED) is 0.679. The van der Waals surface area contributed by atoms with Crippen LogP contribution in [0.15, 0.2) is 30.5 Å². The summed E-state index contributed by atoms with van der Waals surface area (Å²) in [4.78, 5) is 20.2. The first kappa shape index (κ1) is 25.6. The third-order valence-corrected chi connectivity index (χ3v) is 7.04. The van der Waals surface area contributed by atoms with Gasteiger partial charge in [0.05, 0.1) is 37.3 Å². The van der Waals surface area contributed by atoms with Crippen molar-refractivity contribution in [3.63, 3.8) is 0 Å². The molecule has 36 heavy (non-hydrogen) atoms. The van der Waals surface area contributed by atoms with Crippen molar-refractivity contribution < 1.29 is 24.1 Å². The third-order valence-electron chi connectivity index (χ3n) is 7.04. The summed E-state index contributed by atoms with van der Waals surface area (Å²) in [5, 5.41) is 18.8. The lowest BCUT2D eigenvalue weighted by atomic mass is 9.86. The first-order chi connectivity index (χ1) is 17.5. The van der Waals surface area contributed by atoms with Gasteiger partial charge in [-0.15, -0.1) is 0 Å². The monoisotopic (exact) mass is 494 g/mol. The van der Waals surface area contributed by atoms with Crippen LogP contribution in [0.4, 0.5) is 11.4 Å². The van der Waals surface area contributed by atoms with Gasteiger partial charge in [-0.2, -0.15) is 5.26 Å². The van der Waals surface area contributed by atoms with Crippen molar-refractivity contribution in [2.24, 2.45) is 5.92 Å². The first-order valence-corrected chi connectivity index (χ1v) is 12.5. The maximum absolute atomic E-state index is 12.1. The molecule has 2 aliphatic heterocycles. The molecule has 3 heterocycles. The summed E-state index contributed by atoms with van der Waals surface area (Å²) in [6.45, 7) is 3.10. The lowest BCUT2D eigenvalue weighted by Gasteiger charge is -2.31. The number of benzene rings is 1. The van der Waals surface area contributed by atoms with E-state index in [0.717, 1.165) is 50.1 Å². The molecular weight excluding hydrogens is 460 g/mol. The highest BCUT2D eigenvalue weighted by Gasteiger charge is 2.30. The van der Waals surface area contributed by atoms with Crippen molar-refractivity contribution in [1.29, 1.82) is 5.26 Å². The molecule has 0 radical (unpaired) electrons. The Kier molecular flexibility index (Phi) is 8.49. The Morgan fingerprint density at radius 2 is 1.89 bits per heavy atom. The van der Waals surface area contributed by atoms with Crippen LogP contribution in [-0.2, 0) is 9.53 Å². The van der Waals surface area contributed by atoms with Crippen LogP contribution in [0, 0.1) is 17.2 Å². The number of ether oxygens (including phenoxy) is 3. The van der Waals surface area contributed by atoms with E-state index in [4.69, 9.17) is 19.5 Å². The van der Waals surface area contributed by atoms with Crippen LogP contribution >= 0.6 is 0 Å². The van der Waals surface area contributed by atoms with Gasteiger partial charge in [0.15, 0.2) is 0 Å². The smallest absolute Gasteiger partial charge is 0.231 e. The van der Waals surface area contributed by atoms with Gasteiger partial charge in [-0.1, -0.05) is 0 Å². The average molecular weight is 495 g/mol. The summed E-state index contributed by atoms with van der Waals surface area (Å²) in [6.07, 6.45) is 8.58. The van der Waals surface area contributed by atoms with Crippen molar-refractivity contribution in [3.8, 4) is 23.4 Å². The highest BCUT2D eigenvalue weighted by molar-refractivity contribution is 5.79. The van der Waals surface area contributed by atoms with Crippen molar-refractivity contribution in [2.75, 3.05) is 45.4 Å². The zero-order valence-electron chi connectivity index (χ0n) is 21.0. The van der Waals surface area contributed by atoms with Crippen LogP contribution in [0.5, 0.6) is 17.4 Å². The summed E-state index contributed by atoms with van der Waals surface area (Å²) in [7, 11) is 3.25. The largest absolute Gasteiger partial charge is 0.508 e. The number of aromatic nitrogens is 1. The van der Waals surface area contributed by atoms with E-state index < -0.39 is 0 Å². The molecule has 0 atom stereocenters. The van der Waals surface area contributed by atoms with Crippen LogP contribution in [0.3, 0.4) is 0 Å². The van der Waals surface area contributed by atoms with Crippen LogP contribution in [0.2, 0.25) is 0 Å². The fourth-order valence-electron chi connectivity index (χ4n) is 5.05. The number of aromatic hydroxyl groups is 1. The predicted octanol–water partition coefficient (Wildman–Crippen LogP) is 4.01. The number of rotatable bonds is 4. The maximum Gasteiger partial charge on any atom is 0.231 e. The van der Waals surface area contributed by atoms with Crippen molar-refractivity contribution >= 4 is 17.3 Å². The van der Waals surface area contributed by atoms with Gasteiger partial charge in [0.25, 0.3) is 0 Å². The number of pyridine rings is 1. The number of nitrogens with zero attached hydrogens (tertiary/aromatic N) is 4. The second-order valence-corrected chi connectivity index (χ2v) is 9.26. The molecular formula is C27H34N4O5. The SMILES string of the molecule is COC1CCC(C(=O)N2CCCC2)CC1.COc1ncc(N2CCOc3ccc(O)cc32)cc1C#N. The Hall–Kier alpha value is -3.51. The molecule has 1 aromatic heterocycles. The zero-order valence-corrected chi connectivity index (χ0v) is 21.0. The standard InChI is InChI=1S/C15H13N3O3.C12H21NO2/c1-20-15-10(8-16)6-11(9-17-15)18-4-5-21-14-3-2-12(19)7-13(14)18;1-15-11-6-4-10(5-7-11)12(14)13-8-2-3-9-13/h2-3,6-7,9,19H,4-5H2,1H3;10-11H,2-9H2,1H3. The number of amides is 1. The minimum absolute atomic E-state index is 0.159. The molecule has 0 bridgehead atoms. The maximum atomic E-state index is 12.1. The van der Waals surface area contributed by atoms with Crippen LogP contribution in [0.1, 0.15) is 44.1 Å². The minimum Gasteiger partial charge on any atom is -0.508 e. The van der Waals surface area contributed by atoms with E-state index in [0.29, 0.717) is 42.4 Å². The van der Waals surface area contributed by atoms with E-state index in [2.05, 4.69) is 16.0 Å². The number of phenols is 1. The molecule has 2 fully saturated rings. The predicted molar refractivity (Wildman–Crippen MR) is 135 cm³/mol. The number of anilines is 2. The average Bonchev–Trinajstić information content (AvgIpc) is 3.47. The summed E-state index contributed by atoms with van der Waals surface area (Å²) in [5.74, 6) is 1.83. The molecule has 9 nitrogen and oxygen atoms in total. The lowest BCUT2D eigenvalue weighted by molar-refractivity contribution is -0.136. The second kappa shape index (κ2) is 12.0. The highest BCUT2D eigenvalue weighted by atomic mass is 16.5. The Balaban J connectivity index is 0.000000179. The number of nitriles is 1. The molecule has 5 rings (SSSR count). The molecule has 1 aromatic carbocycles. The number of carbonyl (C=O) groups excluding carboxylic acids is 1. The number of fused-ring (bicyclic) bond motifs is 1. The summed E-state index contributed by atoms with van der Waals surface area (Å²) >= 11 is 0. The first-order valence-electron chi connectivity index (χ1n) is 12.5. The minimum atomic E-state index is 0.159. The third kappa shape index (κ3) is 5.82. The number of hydrogen-bond donors (Lipinski definition) is 1. The Morgan fingerprint density at radius 3 is 2.56 bits per heavy atom. The highest BCUT2D eigenvalue weighted by Crippen LogP contribution is 2.39. The molecule has 1 aliphatic carbocycles. The molecule has 3 aliphatic rings. The Morgan fingerprint density at radius 1 is 1.14 bits per heavy atom. The number of carbonyl (C=O) groups is 1. The van der Waals surface area contributed by atoms with Crippen LogP contribution in [0.25, 0.3) is 0 Å². The van der Waals surface area contributed by atoms with Gasteiger partial charge in [-0.25, -0.2) is 4.98 Å². The van der Waals surface area contributed by atoms with E-state index in [-0.39, 0.29) is 11.7 Å². The van der Waals surface area contributed by atoms with Gasteiger partial charge in [-0.05, 0) is 56.7 Å². The van der Waals surface area contributed by atoms with Gasteiger partial charge in [0.1, 0.15) is 29.7 Å². The Labute approximate surface area is 212 Å². The number of methoxy groups -OCH3 is 2. The number of hydrogen-bond acceptors (Lipinski definition) is 8. The van der Waals surface area contributed by atoms with Crippen LogP contribution in [-0.4, -0.2) is 67.5 Å². The van der Waals surface area contributed by atoms with E-state index in [1.807, 2.05) is 4.90 Å². The van der Waals surface area contributed by atoms with Crippen molar-refractivity contribution in [2.45, 2.75) is 44.6 Å². The van der Waals surface area contributed by atoms with Gasteiger partial charge in [0.2, 0.25) is 11.8 Å². The normalized spacial score (nSPS) is 20.9. The van der Waals surface area contributed by atoms with Crippen molar-refractivity contribution in [1.82, 2.24) is 9.88 Å². The molecule has 0 spiro atoms. The molecule has 1 saturated heterocycles.